The average molecular weight is 221 g/mol. The Balaban J connectivity index is 3.88. The molecule has 0 saturated heterocycles. The molecule has 0 aromatic rings. The fraction of sp³-hybridized carbons (Fsp3) is 0.889. The maximum atomic E-state index is 10.7. The van der Waals surface area contributed by atoms with E-state index in [1.807, 2.05) is 13.8 Å². The van der Waals surface area contributed by atoms with Crippen molar-refractivity contribution in [3.8, 4) is 0 Å². The molecule has 0 aromatic heterocycles. The van der Waals surface area contributed by atoms with Gasteiger partial charge in [0.1, 0.15) is 6.04 Å². The highest BCUT2D eigenvalue weighted by atomic mass is 32.2. The second-order valence-corrected chi connectivity index (χ2v) is 5.36. The van der Waals surface area contributed by atoms with Crippen molar-refractivity contribution >= 4 is 17.7 Å². The quantitative estimate of drug-likeness (QED) is 0.626. The summed E-state index contributed by atoms with van der Waals surface area (Å²) in [5.41, 5.74) is 5.56. The van der Waals surface area contributed by atoms with Gasteiger partial charge in [-0.3, -0.25) is 4.79 Å². The highest BCUT2D eigenvalue weighted by Crippen LogP contribution is 2.27. The number of carboxylic acid groups (broad SMARTS) is 1. The summed E-state index contributed by atoms with van der Waals surface area (Å²) in [6, 6.07) is -0.824. The third-order valence-corrected chi connectivity index (χ3v) is 3.47. The summed E-state index contributed by atoms with van der Waals surface area (Å²) in [4.78, 5) is 10.7. The number of hydrogen-bond donors (Lipinski definition) is 2. The molecular formula is C9H19NO3S. The number of aliphatic carboxylic acids is 1. The summed E-state index contributed by atoms with van der Waals surface area (Å²) in [5.74, 6) is -0.0869. The van der Waals surface area contributed by atoms with E-state index < -0.39 is 16.8 Å². The smallest absolute Gasteiger partial charge is 0.321 e. The largest absolute Gasteiger partial charge is 0.480 e. The Labute approximate surface area is 89.2 Å². The van der Waals surface area contributed by atoms with E-state index >= 15 is 0 Å². The van der Waals surface area contributed by atoms with Crippen LogP contribution in [0.2, 0.25) is 0 Å². The molecule has 0 radical (unpaired) electrons. The minimum atomic E-state index is -0.950. The molecular weight excluding hydrogens is 202 g/mol. The molecule has 0 bridgehead atoms. The van der Waals surface area contributed by atoms with E-state index in [0.29, 0.717) is 6.61 Å². The van der Waals surface area contributed by atoms with Crippen molar-refractivity contribution in [1.82, 2.24) is 0 Å². The molecule has 0 heterocycles. The number of methoxy groups -OCH3 is 1. The van der Waals surface area contributed by atoms with Crippen LogP contribution in [0, 0.1) is 0 Å². The number of carboxylic acids is 1. The SMILES string of the molecule is COCCCSC(C)(C)[C@H](N)C(=O)O. The third-order valence-electron chi connectivity index (χ3n) is 1.98. The Morgan fingerprint density at radius 3 is 2.64 bits per heavy atom. The summed E-state index contributed by atoms with van der Waals surface area (Å²) in [6.45, 7) is 4.40. The molecule has 0 unspecified atom stereocenters. The lowest BCUT2D eigenvalue weighted by Gasteiger charge is -2.27. The van der Waals surface area contributed by atoms with E-state index in [2.05, 4.69) is 0 Å². The predicted molar refractivity (Wildman–Crippen MR) is 58.6 cm³/mol. The van der Waals surface area contributed by atoms with Crippen LogP contribution in [0.1, 0.15) is 20.3 Å². The topological polar surface area (TPSA) is 72.5 Å². The number of rotatable bonds is 7. The van der Waals surface area contributed by atoms with Crippen LogP contribution in [0.4, 0.5) is 0 Å². The van der Waals surface area contributed by atoms with Gasteiger partial charge in [0.2, 0.25) is 0 Å². The molecule has 0 amide bonds. The first kappa shape index (κ1) is 13.7. The lowest BCUT2D eigenvalue weighted by Crippen LogP contribution is -2.46. The van der Waals surface area contributed by atoms with E-state index in [1.165, 1.54) is 0 Å². The minimum Gasteiger partial charge on any atom is -0.480 e. The Kier molecular flexibility index (Phi) is 6.15. The van der Waals surface area contributed by atoms with E-state index in [4.69, 9.17) is 15.6 Å². The Bertz CT molecular complexity index is 185. The molecule has 0 fully saturated rings. The van der Waals surface area contributed by atoms with E-state index in [0.717, 1.165) is 12.2 Å². The summed E-state index contributed by atoms with van der Waals surface area (Å²) in [5, 5.41) is 8.76. The molecule has 0 rings (SSSR count). The average Bonchev–Trinajstić information content (AvgIpc) is 2.11. The van der Waals surface area contributed by atoms with E-state index in [1.54, 1.807) is 18.9 Å². The number of thioether (sulfide) groups is 1. The van der Waals surface area contributed by atoms with Gasteiger partial charge in [0.05, 0.1) is 0 Å². The van der Waals surface area contributed by atoms with Crippen LogP contribution in [-0.2, 0) is 9.53 Å². The molecule has 5 heteroatoms. The molecule has 0 aliphatic heterocycles. The van der Waals surface area contributed by atoms with Gasteiger partial charge in [-0.25, -0.2) is 0 Å². The number of ether oxygens (including phenoxy) is 1. The zero-order chi connectivity index (χ0) is 11.2. The molecule has 4 nitrogen and oxygen atoms in total. The van der Waals surface area contributed by atoms with Gasteiger partial charge in [0.15, 0.2) is 0 Å². The molecule has 0 aromatic carbocycles. The van der Waals surface area contributed by atoms with Crippen LogP contribution in [-0.4, -0.2) is 41.3 Å². The fourth-order valence-electron chi connectivity index (χ4n) is 0.926. The molecule has 14 heavy (non-hydrogen) atoms. The van der Waals surface area contributed by atoms with Gasteiger partial charge in [-0.2, -0.15) is 11.8 Å². The number of hydrogen-bond acceptors (Lipinski definition) is 4. The van der Waals surface area contributed by atoms with Crippen LogP contribution in [0.25, 0.3) is 0 Å². The molecule has 3 N–H and O–H groups in total. The van der Waals surface area contributed by atoms with Gasteiger partial charge >= 0.3 is 5.97 Å². The van der Waals surface area contributed by atoms with Gasteiger partial charge in [-0.15, -0.1) is 0 Å². The highest BCUT2D eigenvalue weighted by molar-refractivity contribution is 8.00. The fourth-order valence-corrected chi connectivity index (χ4v) is 1.99. The molecule has 1 atom stereocenters. The molecule has 84 valence electrons. The second-order valence-electron chi connectivity index (χ2n) is 3.61. The zero-order valence-corrected chi connectivity index (χ0v) is 9.76. The highest BCUT2D eigenvalue weighted by Gasteiger charge is 2.32. The van der Waals surface area contributed by atoms with Crippen molar-refractivity contribution in [1.29, 1.82) is 0 Å². The van der Waals surface area contributed by atoms with Crippen LogP contribution < -0.4 is 5.73 Å². The summed E-state index contributed by atoms with van der Waals surface area (Å²) < 4.78 is 4.47. The molecule has 0 spiro atoms. The third kappa shape index (κ3) is 4.83. The van der Waals surface area contributed by atoms with Crippen molar-refractivity contribution in [2.75, 3.05) is 19.5 Å². The first-order chi connectivity index (χ1) is 6.41. The van der Waals surface area contributed by atoms with E-state index in [-0.39, 0.29) is 0 Å². The van der Waals surface area contributed by atoms with Crippen molar-refractivity contribution in [3.05, 3.63) is 0 Å². The zero-order valence-electron chi connectivity index (χ0n) is 8.95. The molecule has 0 aliphatic carbocycles. The van der Waals surface area contributed by atoms with Gasteiger partial charge in [-0.1, -0.05) is 0 Å². The maximum absolute atomic E-state index is 10.7. The van der Waals surface area contributed by atoms with Gasteiger partial charge < -0.3 is 15.6 Å². The lowest BCUT2D eigenvalue weighted by molar-refractivity contribution is -0.139. The summed E-state index contributed by atoms with van der Waals surface area (Å²) >= 11 is 1.57. The Hall–Kier alpha value is -0.260. The van der Waals surface area contributed by atoms with Crippen LogP contribution in [0.3, 0.4) is 0 Å². The summed E-state index contributed by atoms with van der Waals surface area (Å²) in [6.07, 6.45) is 0.914. The predicted octanol–water partition coefficient (Wildman–Crippen LogP) is 0.947. The van der Waals surface area contributed by atoms with Gasteiger partial charge in [0, 0.05) is 18.5 Å². The lowest BCUT2D eigenvalue weighted by atomic mass is 10.1. The normalized spacial score (nSPS) is 14.0. The van der Waals surface area contributed by atoms with Crippen LogP contribution in [0.5, 0.6) is 0 Å². The molecule has 0 saturated carbocycles. The Morgan fingerprint density at radius 2 is 2.21 bits per heavy atom. The van der Waals surface area contributed by atoms with Crippen molar-refractivity contribution in [2.45, 2.75) is 31.1 Å². The van der Waals surface area contributed by atoms with Crippen molar-refractivity contribution < 1.29 is 14.6 Å². The monoisotopic (exact) mass is 221 g/mol. The van der Waals surface area contributed by atoms with Crippen LogP contribution in [0.15, 0.2) is 0 Å². The number of carbonyl (C=O) groups is 1. The minimum absolute atomic E-state index is 0.431. The standard InChI is InChI=1S/C9H19NO3S/c1-9(2,7(10)8(11)12)14-6-4-5-13-3/h7H,4-6,10H2,1-3H3,(H,11,12)/t7-/m1/s1. The second kappa shape index (κ2) is 6.27. The Morgan fingerprint density at radius 1 is 1.64 bits per heavy atom. The van der Waals surface area contributed by atoms with Gasteiger partial charge in [0.25, 0.3) is 0 Å². The van der Waals surface area contributed by atoms with Crippen molar-refractivity contribution in [2.24, 2.45) is 5.73 Å². The number of nitrogens with two attached hydrogens (primary N) is 1. The van der Waals surface area contributed by atoms with Gasteiger partial charge in [-0.05, 0) is 26.0 Å². The van der Waals surface area contributed by atoms with Crippen LogP contribution >= 0.6 is 11.8 Å². The summed E-state index contributed by atoms with van der Waals surface area (Å²) in [7, 11) is 1.65. The molecule has 0 aliphatic rings. The van der Waals surface area contributed by atoms with Crippen molar-refractivity contribution in [3.63, 3.8) is 0 Å². The maximum Gasteiger partial charge on any atom is 0.321 e. The van der Waals surface area contributed by atoms with E-state index in [9.17, 15) is 4.79 Å². The first-order valence-corrected chi connectivity index (χ1v) is 5.51. The first-order valence-electron chi connectivity index (χ1n) is 4.53.